The lowest BCUT2D eigenvalue weighted by molar-refractivity contribution is 0.139. The highest BCUT2D eigenvalue weighted by molar-refractivity contribution is 5.88. The van der Waals surface area contributed by atoms with Crippen molar-refractivity contribution in [2.75, 3.05) is 63.1 Å². The Hall–Kier alpha value is -2.32. The summed E-state index contributed by atoms with van der Waals surface area (Å²) in [4.78, 5) is 29.6. The third kappa shape index (κ3) is 27.4. The van der Waals surface area contributed by atoms with Gasteiger partial charge in [0.15, 0.2) is 0 Å². The minimum Gasteiger partial charge on any atom is -0.448 e. The number of nitrogens with zero attached hydrogens (tertiary/aromatic N) is 2. The van der Waals surface area contributed by atoms with Gasteiger partial charge in [-0.05, 0) is 57.2 Å². The van der Waals surface area contributed by atoms with Gasteiger partial charge in [-0.25, -0.2) is 9.59 Å². The minimum absolute atomic E-state index is 0.343. The SMILES string of the molecule is CCCCCCCCCCCCCN(CC)CCOC(=O)Nc1cccc(NC(=O)OCCN(CC)CCCCCCCCCCCCC)c1. The van der Waals surface area contributed by atoms with Crippen LogP contribution in [-0.2, 0) is 9.47 Å². The van der Waals surface area contributed by atoms with Crippen LogP contribution in [0, 0.1) is 0 Å². The molecule has 1 rings (SSSR count). The molecule has 0 aromatic heterocycles. The van der Waals surface area contributed by atoms with Gasteiger partial charge in [-0.2, -0.15) is 0 Å². The maximum absolute atomic E-state index is 12.4. The summed E-state index contributed by atoms with van der Waals surface area (Å²) < 4.78 is 10.9. The van der Waals surface area contributed by atoms with Crippen molar-refractivity contribution in [1.29, 1.82) is 0 Å². The molecule has 1 aromatic rings. The summed E-state index contributed by atoms with van der Waals surface area (Å²) in [5.41, 5.74) is 1.12. The lowest BCUT2D eigenvalue weighted by atomic mass is 10.1. The molecule has 0 heterocycles. The second-order valence-electron chi connectivity index (χ2n) is 14.0. The summed E-state index contributed by atoms with van der Waals surface area (Å²) in [6, 6.07) is 7.04. The highest BCUT2D eigenvalue weighted by Crippen LogP contribution is 2.16. The second-order valence-corrected chi connectivity index (χ2v) is 14.0. The van der Waals surface area contributed by atoms with Gasteiger partial charge in [-0.1, -0.05) is 162 Å². The molecule has 0 aliphatic heterocycles. The van der Waals surface area contributed by atoms with Crippen LogP contribution in [0.5, 0.6) is 0 Å². The van der Waals surface area contributed by atoms with Crippen LogP contribution in [0.15, 0.2) is 24.3 Å². The fraction of sp³-hybridized carbons (Fsp3) is 0.810. The largest absolute Gasteiger partial charge is 0.448 e. The van der Waals surface area contributed by atoms with Gasteiger partial charge >= 0.3 is 12.2 Å². The van der Waals surface area contributed by atoms with Gasteiger partial charge in [0.05, 0.1) is 0 Å². The average Bonchev–Trinajstić information content (AvgIpc) is 3.11. The number of ether oxygens (including phenoxy) is 2. The number of benzene rings is 1. The van der Waals surface area contributed by atoms with Crippen LogP contribution in [0.3, 0.4) is 0 Å². The molecule has 0 radical (unpaired) electrons. The van der Waals surface area contributed by atoms with Crippen LogP contribution in [-0.4, -0.2) is 74.5 Å². The summed E-state index contributed by atoms with van der Waals surface area (Å²) in [5, 5.41) is 5.55. The highest BCUT2D eigenvalue weighted by atomic mass is 16.6. The van der Waals surface area contributed by atoms with Crippen LogP contribution in [0.2, 0.25) is 0 Å². The lowest BCUT2D eigenvalue weighted by Gasteiger charge is -2.20. The summed E-state index contributed by atoms with van der Waals surface area (Å²) in [5.74, 6) is 0. The van der Waals surface area contributed by atoms with E-state index >= 15 is 0 Å². The molecular weight excluding hydrogens is 624 g/mol. The number of hydrogen-bond donors (Lipinski definition) is 2. The Kier molecular flexibility index (Phi) is 30.9. The number of rotatable bonds is 34. The van der Waals surface area contributed by atoms with Crippen molar-refractivity contribution in [1.82, 2.24) is 9.80 Å². The van der Waals surface area contributed by atoms with E-state index in [0.717, 1.165) is 39.3 Å². The normalized spacial score (nSPS) is 11.3. The molecule has 0 spiro atoms. The molecule has 8 nitrogen and oxygen atoms in total. The molecule has 0 saturated carbocycles. The van der Waals surface area contributed by atoms with Gasteiger partial charge in [0.25, 0.3) is 0 Å². The van der Waals surface area contributed by atoms with Crippen molar-refractivity contribution in [3.05, 3.63) is 24.3 Å². The molecule has 0 saturated heterocycles. The molecule has 0 fully saturated rings. The Morgan fingerprint density at radius 2 is 0.800 bits per heavy atom. The number of unbranched alkanes of at least 4 members (excludes halogenated alkanes) is 20. The third-order valence-corrected chi connectivity index (χ3v) is 9.69. The molecule has 1 aromatic carbocycles. The Balaban J connectivity index is 2.15. The van der Waals surface area contributed by atoms with Crippen LogP contribution in [0.4, 0.5) is 21.0 Å². The maximum atomic E-state index is 12.4. The molecule has 0 bridgehead atoms. The van der Waals surface area contributed by atoms with Crippen molar-refractivity contribution < 1.29 is 19.1 Å². The van der Waals surface area contributed by atoms with Crippen molar-refractivity contribution in [2.45, 2.75) is 169 Å². The van der Waals surface area contributed by atoms with Crippen molar-refractivity contribution >= 4 is 23.6 Å². The number of carbonyl (C=O) groups is 2. The zero-order valence-corrected chi connectivity index (χ0v) is 33.1. The van der Waals surface area contributed by atoms with E-state index in [4.69, 9.17) is 9.47 Å². The smallest absolute Gasteiger partial charge is 0.411 e. The monoisotopic (exact) mass is 703 g/mol. The van der Waals surface area contributed by atoms with Crippen molar-refractivity contribution in [3.8, 4) is 0 Å². The molecule has 0 aliphatic carbocycles. The summed E-state index contributed by atoms with van der Waals surface area (Å²) >= 11 is 0. The average molecular weight is 703 g/mol. The maximum Gasteiger partial charge on any atom is 0.411 e. The number of amides is 2. The predicted octanol–water partition coefficient (Wildman–Crippen LogP) is 12.0. The first-order valence-corrected chi connectivity index (χ1v) is 20.9. The van der Waals surface area contributed by atoms with Crippen molar-refractivity contribution in [3.63, 3.8) is 0 Å². The van der Waals surface area contributed by atoms with Gasteiger partial charge in [0, 0.05) is 24.5 Å². The first kappa shape index (κ1) is 45.7. The topological polar surface area (TPSA) is 83.1 Å². The van der Waals surface area contributed by atoms with E-state index in [1.165, 1.54) is 141 Å². The van der Waals surface area contributed by atoms with E-state index < -0.39 is 12.2 Å². The van der Waals surface area contributed by atoms with E-state index in [1.807, 2.05) is 0 Å². The minimum atomic E-state index is -0.493. The zero-order valence-electron chi connectivity index (χ0n) is 33.1. The summed E-state index contributed by atoms with van der Waals surface area (Å²) in [6.07, 6.45) is 28.5. The molecule has 290 valence electrons. The van der Waals surface area contributed by atoms with Gasteiger partial charge in [0.1, 0.15) is 13.2 Å². The molecular formula is C42H78N4O4. The molecule has 0 aliphatic rings. The predicted molar refractivity (Wildman–Crippen MR) is 214 cm³/mol. The fourth-order valence-electron chi connectivity index (χ4n) is 6.37. The standard InChI is InChI=1S/C42H78N4O4/c1-5-9-11-13-15-17-19-21-23-25-27-32-45(7-3)34-36-49-41(47)43-39-30-29-31-40(38-39)44-42(48)50-37-35-46(8-4)33-28-26-24-22-20-18-16-14-12-10-6-2/h29-31,38H,5-28,32-37H2,1-4H3,(H,43,47)(H,44,48). The van der Waals surface area contributed by atoms with Crippen molar-refractivity contribution in [2.24, 2.45) is 0 Å². The van der Waals surface area contributed by atoms with E-state index in [0.29, 0.717) is 24.6 Å². The molecule has 2 N–H and O–H groups in total. The van der Waals surface area contributed by atoms with E-state index in [1.54, 1.807) is 24.3 Å². The van der Waals surface area contributed by atoms with Gasteiger partial charge < -0.3 is 19.3 Å². The Bertz CT molecular complexity index is 862. The Labute approximate surface area is 308 Å². The zero-order chi connectivity index (χ0) is 36.3. The first-order valence-electron chi connectivity index (χ1n) is 20.9. The number of nitrogens with one attached hydrogen (secondary N) is 2. The van der Waals surface area contributed by atoms with Crippen LogP contribution >= 0.6 is 0 Å². The Morgan fingerprint density at radius 3 is 1.12 bits per heavy atom. The van der Waals surface area contributed by atoms with Gasteiger partial charge in [-0.15, -0.1) is 0 Å². The van der Waals surface area contributed by atoms with E-state index in [9.17, 15) is 9.59 Å². The van der Waals surface area contributed by atoms with E-state index in [-0.39, 0.29) is 0 Å². The molecule has 0 atom stereocenters. The number of hydrogen-bond acceptors (Lipinski definition) is 6. The van der Waals surface area contributed by atoms with Crippen LogP contribution in [0.25, 0.3) is 0 Å². The molecule has 0 unspecified atom stereocenters. The summed E-state index contributed by atoms with van der Waals surface area (Å²) in [7, 11) is 0. The molecule has 50 heavy (non-hydrogen) atoms. The fourth-order valence-corrected chi connectivity index (χ4v) is 6.37. The van der Waals surface area contributed by atoms with Gasteiger partial charge in [-0.3, -0.25) is 10.6 Å². The summed E-state index contributed by atoms with van der Waals surface area (Å²) in [6.45, 7) is 15.0. The van der Waals surface area contributed by atoms with Crippen LogP contribution in [0.1, 0.15) is 169 Å². The number of carbonyl (C=O) groups excluding carboxylic acids is 2. The quantitative estimate of drug-likeness (QED) is 0.0696. The number of anilines is 2. The molecule has 8 heteroatoms. The second kappa shape index (κ2) is 33.8. The van der Waals surface area contributed by atoms with Gasteiger partial charge in [0.2, 0.25) is 0 Å². The third-order valence-electron chi connectivity index (χ3n) is 9.69. The first-order chi connectivity index (χ1) is 24.5. The lowest BCUT2D eigenvalue weighted by Crippen LogP contribution is -2.30. The highest BCUT2D eigenvalue weighted by Gasteiger charge is 2.10. The van der Waals surface area contributed by atoms with Crippen LogP contribution < -0.4 is 10.6 Å². The number of likely N-dealkylation sites (N-methyl/N-ethyl adjacent to an activating group) is 2. The molecule has 2 amide bonds. The van der Waals surface area contributed by atoms with E-state index in [2.05, 4.69) is 48.1 Å². The Morgan fingerprint density at radius 1 is 0.480 bits per heavy atom.